The molecule has 2 aromatic rings. The van der Waals surface area contributed by atoms with Crippen LogP contribution in [0.3, 0.4) is 0 Å². The molecule has 0 saturated heterocycles. The minimum Gasteiger partial charge on any atom is -0.494 e. The van der Waals surface area contributed by atoms with E-state index in [1.54, 1.807) is 31.2 Å². The first-order valence-electron chi connectivity index (χ1n) is 9.41. The molecular formula is C20H24N4O3S. The molecule has 1 aliphatic carbocycles. The van der Waals surface area contributed by atoms with Crippen molar-refractivity contribution in [3.05, 3.63) is 50.5 Å². The summed E-state index contributed by atoms with van der Waals surface area (Å²) >= 11 is 5.32. The predicted molar refractivity (Wildman–Crippen MR) is 111 cm³/mol. The van der Waals surface area contributed by atoms with E-state index in [9.17, 15) is 14.7 Å². The Hall–Kier alpha value is -2.74. The highest BCUT2D eigenvalue weighted by atomic mass is 32.1. The van der Waals surface area contributed by atoms with Crippen LogP contribution in [-0.4, -0.2) is 31.9 Å². The highest BCUT2D eigenvalue weighted by Crippen LogP contribution is 2.24. The zero-order chi connectivity index (χ0) is 20.4. The lowest BCUT2D eigenvalue weighted by atomic mass is 10.1. The maximum atomic E-state index is 12.9. The van der Waals surface area contributed by atoms with Crippen molar-refractivity contribution in [1.82, 2.24) is 14.5 Å². The number of benzene rings is 1. The topological polar surface area (TPSA) is 88.6 Å². The zero-order valence-electron chi connectivity index (χ0n) is 16.2. The lowest BCUT2D eigenvalue weighted by Gasteiger charge is -2.15. The molecule has 0 unspecified atom stereocenters. The molecule has 0 radical (unpaired) electrons. The summed E-state index contributed by atoms with van der Waals surface area (Å²) in [5.74, 6) is -0.391. The number of para-hydroxylation sites is 1. The Morgan fingerprint density at radius 1 is 1.25 bits per heavy atom. The van der Waals surface area contributed by atoms with Gasteiger partial charge in [0.05, 0.1) is 17.0 Å². The molecule has 1 fully saturated rings. The van der Waals surface area contributed by atoms with Crippen LogP contribution in [0.15, 0.2) is 34.1 Å². The third-order valence-electron chi connectivity index (χ3n) is 4.74. The SMILES string of the molecule is CCn1c(O)c(C(C)=Nc2ccccc2C(=O)NC2CC2)c(=O)n(CC)c1=S. The van der Waals surface area contributed by atoms with Crippen molar-refractivity contribution in [3.63, 3.8) is 0 Å². The first-order chi connectivity index (χ1) is 13.4. The average molecular weight is 401 g/mol. The fourth-order valence-electron chi connectivity index (χ4n) is 3.06. The monoisotopic (exact) mass is 400 g/mol. The number of hydrogen-bond donors (Lipinski definition) is 2. The Bertz CT molecular complexity index is 1060. The first kappa shape index (κ1) is 20.0. The first-order valence-corrected chi connectivity index (χ1v) is 9.82. The number of rotatable bonds is 6. The van der Waals surface area contributed by atoms with Crippen molar-refractivity contribution in [2.24, 2.45) is 4.99 Å². The van der Waals surface area contributed by atoms with Gasteiger partial charge in [-0.05, 0) is 58.0 Å². The summed E-state index contributed by atoms with van der Waals surface area (Å²) in [6.45, 7) is 6.12. The molecule has 7 nitrogen and oxygen atoms in total. The van der Waals surface area contributed by atoms with E-state index in [0.29, 0.717) is 30.1 Å². The molecule has 1 heterocycles. The standard InChI is InChI=1S/C20H24N4O3S/c1-4-23-18(26)16(19(27)24(5-2)20(23)28)12(3)21-15-9-7-6-8-14(15)17(25)22-13-10-11-13/h6-9,13,26H,4-5,10-11H2,1-3H3,(H,22,25). The highest BCUT2D eigenvalue weighted by molar-refractivity contribution is 7.71. The van der Waals surface area contributed by atoms with E-state index >= 15 is 0 Å². The van der Waals surface area contributed by atoms with Gasteiger partial charge in [0.15, 0.2) is 4.77 Å². The number of carbonyl (C=O) groups excluding carboxylic acids is 1. The van der Waals surface area contributed by atoms with Gasteiger partial charge in [0, 0.05) is 19.1 Å². The van der Waals surface area contributed by atoms with E-state index in [1.165, 1.54) is 9.13 Å². The molecule has 1 amide bonds. The maximum absolute atomic E-state index is 12.9. The predicted octanol–water partition coefficient (Wildman–Crippen LogP) is 3.16. The highest BCUT2D eigenvalue weighted by Gasteiger charge is 2.25. The van der Waals surface area contributed by atoms with E-state index in [4.69, 9.17) is 12.2 Å². The van der Waals surface area contributed by atoms with Gasteiger partial charge in [0.25, 0.3) is 11.5 Å². The molecule has 0 aliphatic heterocycles. The van der Waals surface area contributed by atoms with Crippen molar-refractivity contribution in [2.45, 2.75) is 52.7 Å². The van der Waals surface area contributed by atoms with E-state index < -0.39 is 5.56 Å². The molecule has 3 rings (SSSR count). The molecule has 1 aliphatic rings. The Morgan fingerprint density at radius 3 is 2.50 bits per heavy atom. The van der Waals surface area contributed by atoms with Gasteiger partial charge >= 0.3 is 0 Å². The van der Waals surface area contributed by atoms with Gasteiger partial charge in [-0.1, -0.05) is 12.1 Å². The van der Waals surface area contributed by atoms with E-state index in [2.05, 4.69) is 10.3 Å². The van der Waals surface area contributed by atoms with Crippen molar-refractivity contribution < 1.29 is 9.90 Å². The summed E-state index contributed by atoms with van der Waals surface area (Å²) in [6, 6.07) is 7.20. The van der Waals surface area contributed by atoms with E-state index in [1.807, 2.05) is 13.8 Å². The smallest absolute Gasteiger partial charge is 0.267 e. The van der Waals surface area contributed by atoms with Crippen LogP contribution in [0.25, 0.3) is 0 Å². The average Bonchev–Trinajstić information content (AvgIpc) is 3.46. The Labute approximate surface area is 168 Å². The van der Waals surface area contributed by atoms with Crippen LogP contribution in [0.4, 0.5) is 5.69 Å². The number of aromatic nitrogens is 2. The summed E-state index contributed by atoms with van der Waals surface area (Å²) in [7, 11) is 0. The van der Waals surface area contributed by atoms with Crippen LogP contribution in [0, 0.1) is 4.77 Å². The number of aliphatic imine (C=N–C) groups is 1. The van der Waals surface area contributed by atoms with Gasteiger partial charge in [-0.3, -0.25) is 23.7 Å². The Morgan fingerprint density at radius 2 is 1.89 bits per heavy atom. The van der Waals surface area contributed by atoms with Crippen molar-refractivity contribution >= 4 is 29.5 Å². The quantitative estimate of drug-likeness (QED) is 0.576. The lowest BCUT2D eigenvalue weighted by Crippen LogP contribution is -2.30. The van der Waals surface area contributed by atoms with Gasteiger partial charge in [0.2, 0.25) is 5.88 Å². The van der Waals surface area contributed by atoms with E-state index in [0.717, 1.165) is 12.8 Å². The number of carbonyl (C=O) groups is 1. The van der Waals surface area contributed by atoms with Crippen molar-refractivity contribution in [1.29, 1.82) is 0 Å². The van der Waals surface area contributed by atoms with Crippen molar-refractivity contribution in [3.8, 4) is 5.88 Å². The molecule has 8 heteroatoms. The molecule has 1 aromatic carbocycles. The molecule has 148 valence electrons. The summed E-state index contributed by atoms with van der Waals surface area (Å²) in [5, 5.41) is 13.6. The van der Waals surface area contributed by atoms with Crippen LogP contribution >= 0.6 is 12.2 Å². The molecule has 28 heavy (non-hydrogen) atoms. The number of aromatic hydroxyl groups is 1. The third-order valence-corrected chi connectivity index (χ3v) is 5.18. The molecule has 0 atom stereocenters. The number of nitrogens with one attached hydrogen (secondary N) is 1. The van der Waals surface area contributed by atoms with Crippen LogP contribution in [0.2, 0.25) is 0 Å². The summed E-state index contributed by atoms with van der Waals surface area (Å²) in [6.07, 6.45) is 1.98. The van der Waals surface area contributed by atoms with Crippen LogP contribution < -0.4 is 10.9 Å². The number of amides is 1. The second-order valence-corrected chi connectivity index (χ2v) is 7.10. The molecule has 1 aromatic heterocycles. The van der Waals surface area contributed by atoms with Crippen molar-refractivity contribution in [2.75, 3.05) is 0 Å². The maximum Gasteiger partial charge on any atom is 0.267 e. The van der Waals surface area contributed by atoms with Crippen LogP contribution in [-0.2, 0) is 13.1 Å². The largest absolute Gasteiger partial charge is 0.494 e. The molecule has 1 saturated carbocycles. The second-order valence-electron chi connectivity index (χ2n) is 6.74. The lowest BCUT2D eigenvalue weighted by molar-refractivity contribution is 0.0952. The normalized spacial score (nSPS) is 14.2. The fraction of sp³-hybridized carbons (Fsp3) is 0.400. The summed E-state index contributed by atoms with van der Waals surface area (Å²) in [4.78, 5) is 29.9. The minimum atomic E-state index is -0.393. The molecule has 0 spiro atoms. The van der Waals surface area contributed by atoms with E-state index in [-0.39, 0.29) is 28.2 Å². The molecular weight excluding hydrogens is 376 g/mol. The number of nitrogens with zero attached hydrogens (tertiary/aromatic N) is 3. The van der Waals surface area contributed by atoms with Gasteiger partial charge < -0.3 is 10.4 Å². The van der Waals surface area contributed by atoms with Crippen LogP contribution in [0.5, 0.6) is 5.88 Å². The van der Waals surface area contributed by atoms with Gasteiger partial charge in [-0.2, -0.15) is 0 Å². The van der Waals surface area contributed by atoms with Gasteiger partial charge in [0.1, 0.15) is 5.56 Å². The van der Waals surface area contributed by atoms with Crippen LogP contribution in [0.1, 0.15) is 49.5 Å². The Balaban J connectivity index is 2.12. The third kappa shape index (κ3) is 3.77. The Kier molecular flexibility index (Phi) is 5.79. The van der Waals surface area contributed by atoms with Gasteiger partial charge in [-0.15, -0.1) is 0 Å². The summed E-state index contributed by atoms with van der Waals surface area (Å²) in [5.41, 5.74) is 0.914. The van der Waals surface area contributed by atoms with Gasteiger partial charge in [-0.25, -0.2) is 0 Å². The second kappa shape index (κ2) is 8.10. The zero-order valence-corrected chi connectivity index (χ0v) is 17.0. The number of hydrogen-bond acceptors (Lipinski definition) is 5. The minimum absolute atomic E-state index is 0.0923. The molecule has 0 bridgehead atoms. The molecule has 2 N–H and O–H groups in total. The fourth-order valence-corrected chi connectivity index (χ4v) is 3.49. The summed E-state index contributed by atoms with van der Waals surface area (Å²) < 4.78 is 3.20.